The molecule has 5 aliphatic carbocycles. The molecule has 0 spiro atoms. The number of carbonyl (C=O) groups excluding carboxylic acids is 1. The standard InChI is InChI=1S/C24H31N3O/c28-24-25-21-9-5-4-8-20(21)22(17-6-2-1-3-7-17)26-27(24)23-18-11-15-10-16(13-18)14-19(23)12-15/h4-5,8-9,15-19,23H,1-3,6-7,10-14H2,(H,25,28). The molecule has 1 N–H and O–H groups in total. The second-order valence-corrected chi connectivity index (χ2v) is 10.1. The van der Waals surface area contributed by atoms with Gasteiger partial charge < -0.3 is 5.32 Å². The Bertz CT molecular complexity index is 782. The molecule has 1 heterocycles. The Morgan fingerprint density at radius 1 is 0.893 bits per heavy atom. The van der Waals surface area contributed by atoms with Crippen LogP contribution in [0.1, 0.15) is 69.8 Å². The highest BCUT2D eigenvalue weighted by Gasteiger charge is 2.52. The number of anilines is 1. The second kappa shape index (κ2) is 6.60. The summed E-state index contributed by atoms with van der Waals surface area (Å²) in [4.78, 5) is 13.3. The first kappa shape index (κ1) is 17.1. The summed E-state index contributed by atoms with van der Waals surface area (Å²) < 4.78 is 0. The fourth-order valence-electron chi connectivity index (χ4n) is 7.38. The average Bonchev–Trinajstić information content (AvgIpc) is 2.85. The van der Waals surface area contributed by atoms with E-state index in [0.29, 0.717) is 23.8 Å². The van der Waals surface area contributed by atoms with Gasteiger partial charge in [-0.25, -0.2) is 9.80 Å². The molecule has 0 radical (unpaired) electrons. The molecule has 5 fully saturated rings. The molecule has 0 atom stereocenters. The van der Waals surface area contributed by atoms with Gasteiger partial charge in [0.05, 0.1) is 17.4 Å². The van der Waals surface area contributed by atoms with Crippen molar-refractivity contribution in [3.63, 3.8) is 0 Å². The number of amides is 2. The quantitative estimate of drug-likeness (QED) is 0.712. The van der Waals surface area contributed by atoms with E-state index in [4.69, 9.17) is 5.10 Å². The van der Waals surface area contributed by atoms with Crippen LogP contribution >= 0.6 is 0 Å². The fraction of sp³-hybridized carbons (Fsp3) is 0.667. The van der Waals surface area contributed by atoms with E-state index in [1.807, 2.05) is 17.1 Å². The van der Waals surface area contributed by atoms with Gasteiger partial charge in [-0.15, -0.1) is 0 Å². The predicted molar refractivity (Wildman–Crippen MR) is 111 cm³/mol. The maximum absolute atomic E-state index is 13.3. The molecule has 0 unspecified atom stereocenters. The summed E-state index contributed by atoms with van der Waals surface area (Å²) in [6, 6.07) is 8.62. The van der Waals surface area contributed by atoms with E-state index in [0.717, 1.165) is 23.1 Å². The second-order valence-electron chi connectivity index (χ2n) is 10.1. The van der Waals surface area contributed by atoms with Gasteiger partial charge in [0.15, 0.2) is 0 Å². The number of nitrogens with zero attached hydrogens (tertiary/aromatic N) is 2. The maximum Gasteiger partial charge on any atom is 0.342 e. The minimum atomic E-state index is -0.00395. The normalized spacial score (nSPS) is 37.3. The summed E-state index contributed by atoms with van der Waals surface area (Å²) >= 11 is 0. The van der Waals surface area contributed by atoms with Crippen molar-refractivity contribution in [2.24, 2.45) is 34.7 Å². The highest BCUT2D eigenvalue weighted by Crippen LogP contribution is 2.55. The van der Waals surface area contributed by atoms with Crippen LogP contribution in [0.3, 0.4) is 0 Å². The van der Waals surface area contributed by atoms with Crippen LogP contribution in [-0.4, -0.2) is 22.8 Å². The van der Waals surface area contributed by atoms with Crippen molar-refractivity contribution in [1.82, 2.24) is 5.01 Å². The SMILES string of the molecule is O=C1Nc2ccccc2C(C2CCCCC2)=NN1C1C2CC3CC(C2)CC1C3. The van der Waals surface area contributed by atoms with Gasteiger partial charge in [0.2, 0.25) is 0 Å². The number of urea groups is 1. The van der Waals surface area contributed by atoms with Crippen molar-refractivity contribution in [3.05, 3.63) is 29.8 Å². The van der Waals surface area contributed by atoms with E-state index in [2.05, 4.69) is 17.4 Å². The Hall–Kier alpha value is -1.84. The van der Waals surface area contributed by atoms with E-state index >= 15 is 0 Å². The minimum Gasteiger partial charge on any atom is -0.306 e. The van der Waals surface area contributed by atoms with Crippen LogP contribution in [0.4, 0.5) is 10.5 Å². The van der Waals surface area contributed by atoms with Gasteiger partial charge in [0.25, 0.3) is 0 Å². The third kappa shape index (κ3) is 2.71. The van der Waals surface area contributed by atoms with E-state index in [1.165, 1.54) is 69.9 Å². The first-order valence-corrected chi connectivity index (χ1v) is 11.5. The van der Waals surface area contributed by atoms with Gasteiger partial charge in [-0.1, -0.05) is 37.5 Å². The topological polar surface area (TPSA) is 44.7 Å². The molecule has 5 saturated carbocycles. The van der Waals surface area contributed by atoms with Crippen LogP contribution in [-0.2, 0) is 0 Å². The molecule has 0 aromatic heterocycles. The monoisotopic (exact) mass is 377 g/mol. The molecule has 2 amide bonds. The molecular formula is C24H31N3O. The highest BCUT2D eigenvalue weighted by atomic mass is 16.2. The Labute approximate surface area is 167 Å². The van der Waals surface area contributed by atoms with Gasteiger partial charge in [0.1, 0.15) is 0 Å². The number of hydrogen-bond donors (Lipinski definition) is 1. The van der Waals surface area contributed by atoms with Gasteiger partial charge in [-0.3, -0.25) is 0 Å². The van der Waals surface area contributed by atoms with Gasteiger partial charge in [-0.05, 0) is 74.7 Å². The van der Waals surface area contributed by atoms with Crippen LogP contribution in [0.25, 0.3) is 0 Å². The number of nitrogens with one attached hydrogen (secondary N) is 1. The lowest BCUT2D eigenvalue weighted by atomic mass is 9.54. The number of para-hydroxylation sites is 1. The molecule has 148 valence electrons. The van der Waals surface area contributed by atoms with Crippen molar-refractivity contribution < 1.29 is 4.79 Å². The van der Waals surface area contributed by atoms with E-state index in [1.54, 1.807) is 0 Å². The van der Waals surface area contributed by atoms with Crippen LogP contribution in [0.15, 0.2) is 29.4 Å². The molecular weight excluding hydrogens is 346 g/mol. The Morgan fingerprint density at radius 3 is 2.29 bits per heavy atom. The zero-order valence-corrected chi connectivity index (χ0v) is 16.6. The molecule has 1 aromatic carbocycles. The minimum absolute atomic E-state index is 0.00395. The molecule has 4 heteroatoms. The van der Waals surface area contributed by atoms with Crippen molar-refractivity contribution in [3.8, 4) is 0 Å². The van der Waals surface area contributed by atoms with E-state index in [-0.39, 0.29) is 6.03 Å². The first-order valence-electron chi connectivity index (χ1n) is 11.5. The van der Waals surface area contributed by atoms with Crippen molar-refractivity contribution in [2.45, 2.75) is 70.3 Å². The molecule has 4 nitrogen and oxygen atoms in total. The summed E-state index contributed by atoms with van der Waals surface area (Å²) in [7, 11) is 0. The summed E-state index contributed by atoms with van der Waals surface area (Å²) in [6.07, 6.45) is 13.0. The first-order chi connectivity index (χ1) is 13.8. The van der Waals surface area contributed by atoms with Crippen molar-refractivity contribution in [1.29, 1.82) is 0 Å². The average molecular weight is 378 g/mol. The van der Waals surface area contributed by atoms with E-state index in [9.17, 15) is 4.79 Å². The number of hydrogen-bond acceptors (Lipinski definition) is 2. The smallest absolute Gasteiger partial charge is 0.306 e. The van der Waals surface area contributed by atoms with Crippen LogP contribution in [0.2, 0.25) is 0 Å². The highest BCUT2D eigenvalue weighted by molar-refractivity contribution is 6.10. The van der Waals surface area contributed by atoms with Gasteiger partial charge in [0, 0.05) is 11.5 Å². The Morgan fingerprint density at radius 2 is 1.57 bits per heavy atom. The lowest BCUT2D eigenvalue weighted by molar-refractivity contribution is -0.0492. The Kier molecular flexibility index (Phi) is 4.02. The van der Waals surface area contributed by atoms with Crippen LogP contribution in [0.5, 0.6) is 0 Å². The summed E-state index contributed by atoms with van der Waals surface area (Å²) in [5.74, 6) is 3.61. The van der Waals surface area contributed by atoms with E-state index < -0.39 is 0 Å². The predicted octanol–water partition coefficient (Wildman–Crippen LogP) is 5.64. The number of hydrazone groups is 1. The lowest BCUT2D eigenvalue weighted by Crippen LogP contribution is -2.56. The van der Waals surface area contributed by atoms with Crippen LogP contribution in [0, 0.1) is 29.6 Å². The molecule has 1 aliphatic heterocycles. The number of rotatable bonds is 2. The number of benzene rings is 1. The number of fused-ring (bicyclic) bond motifs is 1. The van der Waals surface area contributed by atoms with Crippen molar-refractivity contribution in [2.75, 3.05) is 5.32 Å². The maximum atomic E-state index is 13.3. The van der Waals surface area contributed by atoms with Gasteiger partial charge in [-0.2, -0.15) is 5.10 Å². The summed E-state index contributed by atoms with van der Waals surface area (Å²) in [5, 5.41) is 10.4. The molecule has 6 aliphatic rings. The van der Waals surface area contributed by atoms with Crippen molar-refractivity contribution >= 4 is 17.4 Å². The Balaban J connectivity index is 1.41. The summed E-state index contributed by atoms with van der Waals surface area (Å²) in [5.41, 5.74) is 3.26. The fourth-order valence-corrected chi connectivity index (χ4v) is 7.38. The molecule has 4 bridgehead atoms. The van der Waals surface area contributed by atoms with Crippen LogP contribution < -0.4 is 5.32 Å². The third-order valence-corrected chi connectivity index (χ3v) is 8.32. The number of carbonyl (C=O) groups is 1. The zero-order chi connectivity index (χ0) is 18.7. The zero-order valence-electron chi connectivity index (χ0n) is 16.6. The third-order valence-electron chi connectivity index (χ3n) is 8.32. The molecule has 1 aromatic rings. The largest absolute Gasteiger partial charge is 0.342 e. The summed E-state index contributed by atoms with van der Waals surface area (Å²) in [6.45, 7) is 0. The van der Waals surface area contributed by atoms with Gasteiger partial charge >= 0.3 is 6.03 Å². The molecule has 28 heavy (non-hydrogen) atoms. The lowest BCUT2D eigenvalue weighted by Gasteiger charge is -2.55. The molecule has 0 saturated heterocycles. The molecule has 7 rings (SSSR count).